The van der Waals surface area contributed by atoms with Crippen molar-refractivity contribution >= 4 is 10.9 Å². The van der Waals surface area contributed by atoms with Gasteiger partial charge in [-0.2, -0.15) is 0 Å². The highest BCUT2D eigenvalue weighted by atomic mass is 19.1. The van der Waals surface area contributed by atoms with Crippen LogP contribution in [0, 0.1) is 5.82 Å². The smallest absolute Gasteiger partial charge is 0.146 e. The van der Waals surface area contributed by atoms with E-state index in [0.29, 0.717) is 12.1 Å². The Kier molecular flexibility index (Phi) is 5.52. The molecule has 146 valence electrons. The minimum absolute atomic E-state index is 0.151. The Morgan fingerprint density at radius 1 is 1.00 bits per heavy atom. The number of aromatic hydroxyl groups is 1. The van der Waals surface area contributed by atoms with E-state index in [-0.39, 0.29) is 24.2 Å². The van der Waals surface area contributed by atoms with Gasteiger partial charge < -0.3 is 10.2 Å². The monoisotopic (exact) mass is 381 g/mol. The first-order valence-corrected chi connectivity index (χ1v) is 9.56. The number of fused-ring (bicyclic) bond motifs is 1. The van der Waals surface area contributed by atoms with Gasteiger partial charge in [0.1, 0.15) is 17.1 Å². The molecule has 4 rings (SSSR count). The molecule has 1 unspecified atom stereocenters. The van der Waals surface area contributed by atoms with Gasteiger partial charge in [-0.25, -0.2) is 4.39 Å². The Balaban J connectivity index is 1.74. The lowest BCUT2D eigenvalue weighted by molar-refractivity contribution is 0.0938. The average molecular weight is 381 g/mol. The molecule has 3 aromatic rings. The Bertz CT molecular complexity index is 940. The molecule has 1 saturated heterocycles. The van der Waals surface area contributed by atoms with Crippen LogP contribution in [0.2, 0.25) is 0 Å². The summed E-state index contributed by atoms with van der Waals surface area (Å²) in [5, 5.41) is 21.1. The number of nitrogens with zero attached hydrogens (tertiary/aromatic N) is 3. The molecule has 1 aliphatic heterocycles. The first-order valence-electron chi connectivity index (χ1n) is 9.56. The van der Waals surface area contributed by atoms with Crippen LogP contribution in [0.25, 0.3) is 10.9 Å². The third kappa shape index (κ3) is 3.71. The van der Waals surface area contributed by atoms with Crippen LogP contribution < -0.4 is 0 Å². The second-order valence-corrected chi connectivity index (χ2v) is 7.13. The van der Waals surface area contributed by atoms with Crippen molar-refractivity contribution in [3.63, 3.8) is 0 Å². The molecule has 28 heavy (non-hydrogen) atoms. The van der Waals surface area contributed by atoms with Gasteiger partial charge >= 0.3 is 0 Å². The minimum atomic E-state index is -0.278. The van der Waals surface area contributed by atoms with Crippen molar-refractivity contribution in [3.8, 4) is 5.75 Å². The Morgan fingerprint density at radius 3 is 2.46 bits per heavy atom. The number of aliphatic hydroxyl groups excluding tert-OH is 1. The molecule has 0 radical (unpaired) electrons. The summed E-state index contributed by atoms with van der Waals surface area (Å²) in [6, 6.07) is 14.0. The molecule has 1 aromatic heterocycles. The zero-order valence-corrected chi connectivity index (χ0v) is 15.6. The lowest BCUT2D eigenvalue weighted by Gasteiger charge is -2.39. The van der Waals surface area contributed by atoms with Crippen LogP contribution >= 0.6 is 0 Å². The maximum atomic E-state index is 13.5. The van der Waals surface area contributed by atoms with Gasteiger partial charge in [0.25, 0.3) is 0 Å². The molecule has 2 heterocycles. The standard InChI is InChI=1S/C22H24FN3O2/c23-18-6-3-17(4-7-18)21(26-12-10-25(11-13-26)14-15-27)19-8-5-16-2-1-9-24-20(16)22(19)28/h1-9,21,27-28H,10-15H2. The SMILES string of the molecule is OCCN1CCN(C(c2ccc(F)cc2)c2ccc3cccnc3c2O)CC1. The minimum Gasteiger partial charge on any atom is -0.505 e. The Morgan fingerprint density at radius 2 is 1.75 bits per heavy atom. The summed E-state index contributed by atoms with van der Waals surface area (Å²) >= 11 is 0. The van der Waals surface area contributed by atoms with Gasteiger partial charge in [-0.15, -0.1) is 0 Å². The third-order valence-corrected chi connectivity index (χ3v) is 5.45. The average Bonchev–Trinajstić information content (AvgIpc) is 2.73. The Hall–Kier alpha value is -2.54. The molecule has 0 amide bonds. The van der Waals surface area contributed by atoms with E-state index in [0.717, 1.165) is 42.7 Å². The number of piperazine rings is 1. The van der Waals surface area contributed by atoms with Crippen LogP contribution in [-0.2, 0) is 0 Å². The first-order chi connectivity index (χ1) is 13.7. The van der Waals surface area contributed by atoms with Gasteiger partial charge in [-0.1, -0.05) is 30.3 Å². The molecule has 1 atom stereocenters. The molecule has 2 aromatic carbocycles. The van der Waals surface area contributed by atoms with E-state index < -0.39 is 0 Å². The molecule has 1 fully saturated rings. The molecule has 1 aliphatic rings. The van der Waals surface area contributed by atoms with Gasteiger partial charge in [0.15, 0.2) is 0 Å². The van der Waals surface area contributed by atoms with Crippen molar-refractivity contribution in [1.82, 2.24) is 14.8 Å². The van der Waals surface area contributed by atoms with Crippen molar-refractivity contribution < 1.29 is 14.6 Å². The van der Waals surface area contributed by atoms with Gasteiger partial charge in [-0.05, 0) is 23.8 Å². The molecule has 2 N–H and O–H groups in total. The van der Waals surface area contributed by atoms with Crippen LogP contribution in [0.1, 0.15) is 17.2 Å². The van der Waals surface area contributed by atoms with Crippen LogP contribution in [0.15, 0.2) is 54.7 Å². The van der Waals surface area contributed by atoms with Crippen molar-refractivity contribution in [1.29, 1.82) is 0 Å². The number of benzene rings is 2. The van der Waals surface area contributed by atoms with E-state index in [9.17, 15) is 14.6 Å². The van der Waals surface area contributed by atoms with Crippen LogP contribution in [0.3, 0.4) is 0 Å². The second-order valence-electron chi connectivity index (χ2n) is 7.13. The fraction of sp³-hybridized carbons (Fsp3) is 0.318. The predicted molar refractivity (Wildman–Crippen MR) is 107 cm³/mol. The number of halogens is 1. The summed E-state index contributed by atoms with van der Waals surface area (Å²) in [4.78, 5) is 8.87. The van der Waals surface area contributed by atoms with E-state index in [1.54, 1.807) is 18.3 Å². The van der Waals surface area contributed by atoms with Crippen molar-refractivity contribution in [3.05, 3.63) is 71.7 Å². The number of aromatic nitrogens is 1. The normalized spacial score (nSPS) is 17.1. The molecular formula is C22H24FN3O2. The molecule has 0 saturated carbocycles. The highest BCUT2D eigenvalue weighted by molar-refractivity contribution is 5.85. The molecule has 5 nitrogen and oxygen atoms in total. The zero-order valence-electron chi connectivity index (χ0n) is 15.6. The number of phenols is 1. The molecule has 6 heteroatoms. The number of β-amino-alcohol motifs (C(OH)–C–C–N with tert-alkyl or cyclic N) is 1. The fourth-order valence-electron chi connectivity index (χ4n) is 3.98. The quantitative estimate of drug-likeness (QED) is 0.712. The molecule has 0 spiro atoms. The van der Waals surface area contributed by atoms with E-state index in [1.807, 2.05) is 24.3 Å². The number of aliphatic hydroxyl groups is 1. The first kappa shape index (κ1) is 18.8. The Labute approximate surface area is 163 Å². The topological polar surface area (TPSA) is 59.8 Å². The molecule has 0 aliphatic carbocycles. The maximum Gasteiger partial charge on any atom is 0.146 e. The summed E-state index contributed by atoms with van der Waals surface area (Å²) in [7, 11) is 0. The van der Waals surface area contributed by atoms with Gasteiger partial charge in [0, 0.05) is 49.9 Å². The summed E-state index contributed by atoms with van der Waals surface area (Å²) in [5.74, 6) is -0.107. The number of phenolic OH excluding ortho intramolecular Hbond substituents is 1. The van der Waals surface area contributed by atoms with Gasteiger partial charge in [0.05, 0.1) is 12.6 Å². The largest absolute Gasteiger partial charge is 0.505 e. The lowest BCUT2D eigenvalue weighted by atomic mass is 9.94. The number of rotatable bonds is 5. The number of hydrogen-bond acceptors (Lipinski definition) is 5. The highest BCUT2D eigenvalue weighted by Gasteiger charge is 2.29. The van der Waals surface area contributed by atoms with E-state index in [4.69, 9.17) is 0 Å². The van der Waals surface area contributed by atoms with Crippen molar-refractivity contribution in [2.45, 2.75) is 6.04 Å². The van der Waals surface area contributed by atoms with E-state index in [1.165, 1.54) is 12.1 Å². The molecular weight excluding hydrogens is 357 g/mol. The second kappa shape index (κ2) is 8.22. The van der Waals surface area contributed by atoms with Crippen molar-refractivity contribution in [2.24, 2.45) is 0 Å². The van der Waals surface area contributed by atoms with Crippen LogP contribution in [0.5, 0.6) is 5.75 Å². The highest BCUT2D eigenvalue weighted by Crippen LogP contribution is 2.38. The van der Waals surface area contributed by atoms with Crippen molar-refractivity contribution in [2.75, 3.05) is 39.3 Å². The maximum absolute atomic E-state index is 13.5. The zero-order chi connectivity index (χ0) is 19.5. The van der Waals surface area contributed by atoms with Crippen LogP contribution in [0.4, 0.5) is 4.39 Å². The van der Waals surface area contributed by atoms with E-state index >= 15 is 0 Å². The third-order valence-electron chi connectivity index (χ3n) is 5.45. The summed E-state index contributed by atoms with van der Waals surface area (Å²) in [5.41, 5.74) is 2.28. The van der Waals surface area contributed by atoms with Gasteiger partial charge in [0.2, 0.25) is 0 Å². The molecule has 0 bridgehead atoms. The van der Waals surface area contributed by atoms with Gasteiger partial charge in [-0.3, -0.25) is 14.8 Å². The van der Waals surface area contributed by atoms with Crippen LogP contribution in [-0.4, -0.2) is 64.3 Å². The number of hydrogen-bond donors (Lipinski definition) is 2. The summed E-state index contributed by atoms with van der Waals surface area (Å²) < 4.78 is 13.5. The predicted octanol–water partition coefficient (Wildman–Crippen LogP) is 2.78. The lowest BCUT2D eigenvalue weighted by Crippen LogP contribution is -2.48. The summed E-state index contributed by atoms with van der Waals surface area (Å²) in [6.07, 6.45) is 1.67. The fourth-order valence-corrected chi connectivity index (χ4v) is 3.98. The van der Waals surface area contributed by atoms with E-state index in [2.05, 4.69) is 14.8 Å². The number of pyridine rings is 1. The summed E-state index contributed by atoms with van der Waals surface area (Å²) in [6.45, 7) is 4.08.